The number of aromatic nitrogens is 4. The van der Waals surface area contributed by atoms with Gasteiger partial charge in [0.1, 0.15) is 0 Å². The number of rotatable bonds is 4. The standard InChI is InChI=1S/C8H16N6/c1-13-8(10-11-12-13)14(6-5-9)7-3-2-4-7/h7H,2-6,9H2,1H3. The summed E-state index contributed by atoms with van der Waals surface area (Å²) >= 11 is 0. The van der Waals surface area contributed by atoms with Gasteiger partial charge >= 0.3 is 0 Å². The molecule has 6 heteroatoms. The largest absolute Gasteiger partial charge is 0.335 e. The Hall–Kier alpha value is -1.17. The summed E-state index contributed by atoms with van der Waals surface area (Å²) < 4.78 is 1.70. The second kappa shape index (κ2) is 3.91. The molecule has 0 bridgehead atoms. The van der Waals surface area contributed by atoms with E-state index in [1.807, 2.05) is 7.05 Å². The van der Waals surface area contributed by atoms with Gasteiger partial charge in [0.05, 0.1) is 0 Å². The molecule has 0 aromatic carbocycles. The Morgan fingerprint density at radius 2 is 2.36 bits per heavy atom. The van der Waals surface area contributed by atoms with Gasteiger partial charge in [-0.25, -0.2) is 4.68 Å². The molecule has 1 aromatic heterocycles. The van der Waals surface area contributed by atoms with Crippen molar-refractivity contribution < 1.29 is 0 Å². The van der Waals surface area contributed by atoms with Crippen LogP contribution in [0.1, 0.15) is 19.3 Å². The first-order chi connectivity index (χ1) is 6.83. The molecule has 0 atom stereocenters. The van der Waals surface area contributed by atoms with Gasteiger partial charge in [0, 0.05) is 26.2 Å². The summed E-state index contributed by atoms with van der Waals surface area (Å²) in [7, 11) is 1.86. The van der Waals surface area contributed by atoms with Gasteiger partial charge < -0.3 is 10.6 Å². The van der Waals surface area contributed by atoms with Crippen LogP contribution in [0.5, 0.6) is 0 Å². The zero-order chi connectivity index (χ0) is 9.97. The summed E-state index contributed by atoms with van der Waals surface area (Å²) in [6, 6.07) is 0.586. The normalized spacial score (nSPS) is 16.7. The minimum atomic E-state index is 0.586. The highest BCUT2D eigenvalue weighted by molar-refractivity contribution is 5.30. The smallest absolute Gasteiger partial charge is 0.245 e. The number of nitrogens with two attached hydrogens (primary N) is 1. The van der Waals surface area contributed by atoms with Gasteiger partial charge in [-0.2, -0.15) is 0 Å². The van der Waals surface area contributed by atoms with Gasteiger partial charge in [-0.1, -0.05) is 5.10 Å². The lowest BCUT2D eigenvalue weighted by molar-refractivity contribution is 0.380. The quantitative estimate of drug-likeness (QED) is 0.704. The minimum absolute atomic E-state index is 0.586. The third kappa shape index (κ3) is 1.57. The van der Waals surface area contributed by atoms with E-state index in [1.54, 1.807) is 4.68 Å². The van der Waals surface area contributed by atoms with E-state index in [4.69, 9.17) is 5.73 Å². The van der Waals surface area contributed by atoms with Crippen LogP contribution >= 0.6 is 0 Å². The van der Waals surface area contributed by atoms with Gasteiger partial charge in [-0.3, -0.25) is 0 Å². The summed E-state index contributed by atoms with van der Waals surface area (Å²) in [5.41, 5.74) is 5.58. The van der Waals surface area contributed by atoms with E-state index in [9.17, 15) is 0 Å². The molecule has 1 aliphatic carbocycles. The zero-order valence-electron chi connectivity index (χ0n) is 8.43. The molecule has 0 amide bonds. The molecule has 0 saturated heterocycles. The number of tetrazole rings is 1. The van der Waals surface area contributed by atoms with Gasteiger partial charge in [0.15, 0.2) is 0 Å². The average molecular weight is 196 g/mol. The van der Waals surface area contributed by atoms with E-state index < -0.39 is 0 Å². The second-order valence-electron chi connectivity index (χ2n) is 3.67. The Morgan fingerprint density at radius 3 is 2.79 bits per heavy atom. The van der Waals surface area contributed by atoms with Crippen LogP contribution in [0.3, 0.4) is 0 Å². The summed E-state index contributed by atoms with van der Waals surface area (Å²) in [5.74, 6) is 0.833. The number of hydrogen-bond donors (Lipinski definition) is 1. The van der Waals surface area contributed by atoms with Crippen LogP contribution in [0.4, 0.5) is 5.95 Å². The van der Waals surface area contributed by atoms with E-state index in [-0.39, 0.29) is 0 Å². The summed E-state index contributed by atoms with van der Waals surface area (Å²) in [6.45, 7) is 1.47. The lowest BCUT2D eigenvalue weighted by atomic mass is 9.92. The van der Waals surface area contributed by atoms with Gasteiger partial charge in [-0.15, -0.1) is 0 Å². The van der Waals surface area contributed by atoms with E-state index >= 15 is 0 Å². The fraction of sp³-hybridized carbons (Fsp3) is 0.875. The maximum Gasteiger partial charge on any atom is 0.245 e. The van der Waals surface area contributed by atoms with Crippen LogP contribution in [0.15, 0.2) is 0 Å². The average Bonchev–Trinajstić information content (AvgIpc) is 2.47. The first-order valence-electron chi connectivity index (χ1n) is 5.02. The predicted molar refractivity (Wildman–Crippen MR) is 52.8 cm³/mol. The number of anilines is 1. The highest BCUT2D eigenvalue weighted by atomic mass is 15.6. The van der Waals surface area contributed by atoms with Crippen LogP contribution < -0.4 is 10.6 Å². The molecule has 14 heavy (non-hydrogen) atoms. The Balaban J connectivity index is 2.13. The van der Waals surface area contributed by atoms with E-state index in [0.717, 1.165) is 12.5 Å². The molecule has 1 saturated carbocycles. The maximum atomic E-state index is 5.58. The van der Waals surface area contributed by atoms with Gasteiger partial charge in [0.25, 0.3) is 0 Å². The molecule has 1 aromatic rings. The highest BCUT2D eigenvalue weighted by Gasteiger charge is 2.27. The third-order valence-electron chi connectivity index (χ3n) is 2.74. The first kappa shape index (κ1) is 9.39. The van der Waals surface area contributed by atoms with Crippen molar-refractivity contribution in [3.8, 4) is 0 Å². The van der Waals surface area contributed by atoms with Crippen molar-refractivity contribution in [2.24, 2.45) is 12.8 Å². The molecule has 2 N–H and O–H groups in total. The summed E-state index contributed by atoms with van der Waals surface area (Å²) in [6.07, 6.45) is 3.76. The molecule has 78 valence electrons. The zero-order valence-corrected chi connectivity index (χ0v) is 8.43. The van der Waals surface area contributed by atoms with Gasteiger partial charge in [0.2, 0.25) is 5.95 Å². The van der Waals surface area contributed by atoms with Crippen LogP contribution in [-0.4, -0.2) is 39.3 Å². The monoisotopic (exact) mass is 196 g/mol. The molecule has 0 radical (unpaired) electrons. The second-order valence-corrected chi connectivity index (χ2v) is 3.67. The van der Waals surface area contributed by atoms with Crippen molar-refractivity contribution in [2.75, 3.05) is 18.0 Å². The Labute approximate surface area is 83.1 Å². The fourth-order valence-electron chi connectivity index (χ4n) is 1.75. The lowest BCUT2D eigenvalue weighted by Crippen LogP contribution is -2.44. The number of hydrogen-bond acceptors (Lipinski definition) is 5. The van der Waals surface area contributed by atoms with Crippen molar-refractivity contribution in [1.29, 1.82) is 0 Å². The number of nitrogens with zero attached hydrogens (tertiary/aromatic N) is 5. The molecule has 1 fully saturated rings. The predicted octanol–water partition coefficient (Wildman–Crippen LogP) is -0.472. The minimum Gasteiger partial charge on any atom is -0.335 e. The lowest BCUT2D eigenvalue weighted by Gasteiger charge is -2.37. The molecular formula is C8H16N6. The summed E-state index contributed by atoms with van der Waals surface area (Å²) in [4.78, 5) is 2.21. The molecule has 1 heterocycles. The molecule has 0 aliphatic heterocycles. The molecule has 0 spiro atoms. The number of aryl methyl sites for hydroxylation is 1. The van der Waals surface area contributed by atoms with Crippen LogP contribution in [0.2, 0.25) is 0 Å². The van der Waals surface area contributed by atoms with Crippen LogP contribution in [0, 0.1) is 0 Å². The van der Waals surface area contributed by atoms with E-state index in [1.165, 1.54) is 19.3 Å². The maximum absolute atomic E-state index is 5.58. The molecule has 1 aliphatic rings. The molecule has 2 rings (SSSR count). The third-order valence-corrected chi connectivity index (χ3v) is 2.74. The van der Waals surface area contributed by atoms with Crippen LogP contribution in [0.25, 0.3) is 0 Å². The van der Waals surface area contributed by atoms with Crippen molar-refractivity contribution in [1.82, 2.24) is 20.2 Å². The summed E-state index contributed by atoms with van der Waals surface area (Å²) in [5, 5.41) is 11.5. The van der Waals surface area contributed by atoms with Crippen molar-refractivity contribution in [3.05, 3.63) is 0 Å². The first-order valence-corrected chi connectivity index (χ1v) is 5.02. The van der Waals surface area contributed by atoms with Crippen molar-refractivity contribution in [3.63, 3.8) is 0 Å². The Kier molecular flexibility index (Phi) is 2.62. The Morgan fingerprint density at radius 1 is 1.57 bits per heavy atom. The molecule has 0 unspecified atom stereocenters. The van der Waals surface area contributed by atoms with E-state index in [0.29, 0.717) is 12.6 Å². The van der Waals surface area contributed by atoms with Gasteiger partial charge in [-0.05, 0) is 29.7 Å². The molecular weight excluding hydrogens is 180 g/mol. The van der Waals surface area contributed by atoms with E-state index in [2.05, 4.69) is 20.4 Å². The van der Waals surface area contributed by atoms with Crippen molar-refractivity contribution in [2.45, 2.75) is 25.3 Å². The highest BCUT2D eigenvalue weighted by Crippen LogP contribution is 2.27. The van der Waals surface area contributed by atoms with Crippen molar-refractivity contribution >= 4 is 5.95 Å². The van der Waals surface area contributed by atoms with Crippen LogP contribution in [-0.2, 0) is 7.05 Å². The topological polar surface area (TPSA) is 72.9 Å². The SMILES string of the molecule is Cn1nnnc1N(CCN)C1CCC1. The Bertz CT molecular complexity index is 292. The molecule has 6 nitrogen and oxygen atoms in total. The fourth-order valence-corrected chi connectivity index (χ4v) is 1.75.